The standard InChI is InChI=1S/C27H29N3O2/c1-32-23-13-11-22(12-14-23)29-15-16-30-25-10-6-5-9-21(25)17-24(26(30)19-29)27(31)28-18-20-7-3-2-4-8-20/h2-14,24,26H,15-19H2,1H3,(H,28,31). The lowest BCUT2D eigenvalue weighted by molar-refractivity contribution is -0.126. The molecule has 0 radical (unpaired) electrons. The number of benzene rings is 3. The summed E-state index contributed by atoms with van der Waals surface area (Å²) in [4.78, 5) is 18.2. The van der Waals surface area contributed by atoms with Crippen LogP contribution in [-0.2, 0) is 17.8 Å². The number of ether oxygens (including phenoxy) is 1. The number of hydrogen-bond acceptors (Lipinski definition) is 4. The van der Waals surface area contributed by atoms with Crippen molar-refractivity contribution < 1.29 is 9.53 Å². The lowest BCUT2D eigenvalue weighted by Gasteiger charge is -2.49. The van der Waals surface area contributed by atoms with E-state index in [1.54, 1.807) is 7.11 Å². The van der Waals surface area contributed by atoms with E-state index in [0.29, 0.717) is 6.54 Å². The highest BCUT2D eigenvalue weighted by atomic mass is 16.5. The van der Waals surface area contributed by atoms with Crippen LogP contribution < -0.4 is 19.9 Å². The maximum atomic E-state index is 13.4. The van der Waals surface area contributed by atoms with Crippen molar-refractivity contribution in [1.29, 1.82) is 0 Å². The highest BCUT2D eigenvalue weighted by Crippen LogP contribution is 2.37. The molecule has 0 aliphatic carbocycles. The Morgan fingerprint density at radius 3 is 2.50 bits per heavy atom. The first-order valence-electron chi connectivity index (χ1n) is 11.3. The largest absolute Gasteiger partial charge is 0.497 e. The summed E-state index contributed by atoms with van der Waals surface area (Å²) in [5, 5.41) is 3.20. The third kappa shape index (κ3) is 4.03. The molecule has 1 saturated heterocycles. The number of nitrogens with zero attached hydrogens (tertiary/aromatic N) is 2. The fraction of sp³-hybridized carbons (Fsp3) is 0.296. The van der Waals surface area contributed by atoms with E-state index in [9.17, 15) is 4.79 Å². The SMILES string of the molecule is COc1ccc(N2CCN3c4ccccc4CC(C(=O)NCc4ccccc4)C3C2)cc1. The van der Waals surface area contributed by atoms with Crippen LogP contribution in [0, 0.1) is 5.92 Å². The number of carbonyl (C=O) groups is 1. The van der Waals surface area contributed by atoms with Crippen LogP contribution in [-0.4, -0.2) is 38.7 Å². The number of para-hydroxylation sites is 1. The van der Waals surface area contributed by atoms with Gasteiger partial charge in [-0.05, 0) is 47.9 Å². The van der Waals surface area contributed by atoms with Crippen LogP contribution in [0.4, 0.5) is 11.4 Å². The van der Waals surface area contributed by atoms with E-state index in [4.69, 9.17) is 4.74 Å². The average Bonchev–Trinajstić information content (AvgIpc) is 2.87. The molecule has 2 heterocycles. The molecule has 0 bridgehead atoms. The maximum Gasteiger partial charge on any atom is 0.225 e. The fourth-order valence-electron chi connectivity index (χ4n) is 5.00. The molecule has 164 valence electrons. The molecule has 5 rings (SSSR count). The van der Waals surface area contributed by atoms with Gasteiger partial charge in [0.25, 0.3) is 0 Å². The molecular weight excluding hydrogens is 398 g/mol. The Morgan fingerprint density at radius 2 is 1.72 bits per heavy atom. The number of amides is 1. The van der Waals surface area contributed by atoms with Gasteiger partial charge < -0.3 is 19.9 Å². The topological polar surface area (TPSA) is 44.8 Å². The predicted octanol–water partition coefficient (Wildman–Crippen LogP) is 3.88. The van der Waals surface area contributed by atoms with Crippen LogP contribution in [0.1, 0.15) is 11.1 Å². The van der Waals surface area contributed by atoms with Gasteiger partial charge in [-0.3, -0.25) is 4.79 Å². The second kappa shape index (κ2) is 8.95. The normalized spacial score (nSPS) is 19.7. The molecule has 2 unspecified atom stereocenters. The van der Waals surface area contributed by atoms with Gasteiger partial charge >= 0.3 is 0 Å². The van der Waals surface area contributed by atoms with Crippen molar-refractivity contribution >= 4 is 17.3 Å². The molecule has 2 aliphatic heterocycles. The van der Waals surface area contributed by atoms with Crippen LogP contribution in [0.15, 0.2) is 78.9 Å². The highest BCUT2D eigenvalue weighted by Gasteiger charge is 2.41. The summed E-state index contributed by atoms with van der Waals surface area (Å²) < 4.78 is 5.31. The van der Waals surface area contributed by atoms with Gasteiger partial charge in [0.1, 0.15) is 5.75 Å². The van der Waals surface area contributed by atoms with E-state index in [0.717, 1.165) is 37.4 Å². The van der Waals surface area contributed by atoms with Crippen molar-refractivity contribution in [1.82, 2.24) is 5.32 Å². The summed E-state index contributed by atoms with van der Waals surface area (Å²) in [6, 6.07) is 27.0. The van der Waals surface area contributed by atoms with E-state index >= 15 is 0 Å². The molecule has 1 amide bonds. The van der Waals surface area contributed by atoms with Gasteiger partial charge in [0.2, 0.25) is 5.91 Å². The van der Waals surface area contributed by atoms with E-state index in [2.05, 4.69) is 63.6 Å². The molecule has 1 fully saturated rings. The maximum absolute atomic E-state index is 13.4. The van der Waals surface area contributed by atoms with Crippen molar-refractivity contribution in [2.75, 3.05) is 36.5 Å². The summed E-state index contributed by atoms with van der Waals surface area (Å²) >= 11 is 0. The summed E-state index contributed by atoms with van der Waals surface area (Å²) in [5.41, 5.74) is 4.84. The minimum atomic E-state index is -0.0883. The molecule has 3 aromatic rings. The van der Waals surface area contributed by atoms with Gasteiger partial charge in [0.15, 0.2) is 0 Å². The van der Waals surface area contributed by atoms with Crippen molar-refractivity contribution in [3.05, 3.63) is 90.0 Å². The van der Waals surface area contributed by atoms with Crippen molar-refractivity contribution in [3.8, 4) is 5.75 Å². The van der Waals surface area contributed by atoms with E-state index < -0.39 is 0 Å². The Balaban J connectivity index is 1.38. The minimum absolute atomic E-state index is 0.0883. The predicted molar refractivity (Wildman–Crippen MR) is 128 cm³/mol. The second-order valence-electron chi connectivity index (χ2n) is 8.55. The highest BCUT2D eigenvalue weighted by molar-refractivity contribution is 5.82. The molecular formula is C27H29N3O2. The third-order valence-corrected chi connectivity index (χ3v) is 6.71. The zero-order valence-electron chi connectivity index (χ0n) is 18.4. The van der Waals surface area contributed by atoms with E-state index in [-0.39, 0.29) is 17.9 Å². The third-order valence-electron chi connectivity index (χ3n) is 6.71. The van der Waals surface area contributed by atoms with Crippen LogP contribution in [0.3, 0.4) is 0 Å². The average molecular weight is 428 g/mol. The van der Waals surface area contributed by atoms with Crippen molar-refractivity contribution in [3.63, 3.8) is 0 Å². The molecule has 1 N–H and O–H groups in total. The smallest absolute Gasteiger partial charge is 0.225 e. The van der Waals surface area contributed by atoms with E-state index in [1.807, 2.05) is 30.3 Å². The Morgan fingerprint density at radius 1 is 0.969 bits per heavy atom. The second-order valence-corrected chi connectivity index (χ2v) is 8.55. The lowest BCUT2D eigenvalue weighted by atomic mass is 9.83. The van der Waals surface area contributed by atoms with Crippen molar-refractivity contribution in [2.45, 2.75) is 19.0 Å². The molecule has 3 aromatic carbocycles. The first kappa shape index (κ1) is 20.4. The Labute approximate surface area is 189 Å². The molecule has 32 heavy (non-hydrogen) atoms. The van der Waals surface area contributed by atoms with Crippen LogP contribution in [0.5, 0.6) is 5.75 Å². The number of anilines is 2. The number of hydrogen-bond donors (Lipinski definition) is 1. The van der Waals surface area contributed by atoms with Crippen LogP contribution in [0.2, 0.25) is 0 Å². The molecule has 0 aromatic heterocycles. The summed E-state index contributed by atoms with van der Waals surface area (Å²) in [6.07, 6.45) is 0.772. The summed E-state index contributed by atoms with van der Waals surface area (Å²) in [7, 11) is 1.69. The number of piperazine rings is 1. The quantitative estimate of drug-likeness (QED) is 0.671. The zero-order valence-corrected chi connectivity index (χ0v) is 18.4. The molecule has 5 nitrogen and oxygen atoms in total. The Kier molecular flexibility index (Phi) is 5.71. The molecule has 2 aliphatic rings. The monoisotopic (exact) mass is 427 g/mol. The van der Waals surface area contributed by atoms with Gasteiger partial charge in [0.05, 0.1) is 19.1 Å². The molecule has 0 saturated carbocycles. The van der Waals surface area contributed by atoms with Gasteiger partial charge in [0, 0.05) is 37.6 Å². The number of rotatable bonds is 5. The number of methoxy groups -OCH3 is 1. The molecule has 2 atom stereocenters. The van der Waals surface area contributed by atoms with E-state index in [1.165, 1.54) is 16.9 Å². The molecule has 0 spiro atoms. The first-order chi connectivity index (χ1) is 15.7. The Hall–Kier alpha value is -3.47. The van der Waals surface area contributed by atoms with Gasteiger partial charge in [-0.25, -0.2) is 0 Å². The van der Waals surface area contributed by atoms with Gasteiger partial charge in [-0.1, -0.05) is 48.5 Å². The van der Waals surface area contributed by atoms with Crippen molar-refractivity contribution in [2.24, 2.45) is 5.92 Å². The summed E-state index contributed by atoms with van der Waals surface area (Å²) in [5.74, 6) is 0.904. The van der Waals surface area contributed by atoms with Crippen LogP contribution >= 0.6 is 0 Å². The van der Waals surface area contributed by atoms with Gasteiger partial charge in [-0.15, -0.1) is 0 Å². The lowest BCUT2D eigenvalue weighted by Crippen LogP contribution is -2.61. The number of carbonyl (C=O) groups excluding carboxylic acids is 1. The molecule has 5 heteroatoms. The fourth-order valence-corrected chi connectivity index (χ4v) is 5.00. The number of nitrogens with one attached hydrogen (secondary N) is 1. The zero-order chi connectivity index (χ0) is 21.9. The Bertz CT molecular complexity index is 1070. The minimum Gasteiger partial charge on any atom is -0.497 e. The first-order valence-corrected chi connectivity index (χ1v) is 11.3. The number of fused-ring (bicyclic) bond motifs is 3. The van der Waals surface area contributed by atoms with Gasteiger partial charge in [-0.2, -0.15) is 0 Å². The van der Waals surface area contributed by atoms with Crippen LogP contribution in [0.25, 0.3) is 0 Å². The summed E-state index contributed by atoms with van der Waals surface area (Å²) in [6.45, 7) is 3.21.